The molecule has 1 atom stereocenters. The van der Waals surface area contributed by atoms with Gasteiger partial charge in [0.05, 0.1) is 0 Å². The maximum atomic E-state index is 11.6. The molecule has 0 bridgehead atoms. The van der Waals surface area contributed by atoms with Crippen molar-refractivity contribution in [3.05, 3.63) is 17.8 Å². The summed E-state index contributed by atoms with van der Waals surface area (Å²) in [7, 11) is 0. The molecule has 1 saturated carbocycles. The van der Waals surface area contributed by atoms with E-state index in [1.807, 2.05) is 0 Å². The van der Waals surface area contributed by atoms with E-state index in [0.717, 1.165) is 6.42 Å². The third kappa shape index (κ3) is 2.06. The molecule has 1 aromatic heterocycles. The highest BCUT2D eigenvalue weighted by molar-refractivity contribution is 5.92. The molecule has 5 nitrogen and oxygen atoms in total. The minimum atomic E-state index is -0.182. The lowest BCUT2D eigenvalue weighted by Gasteiger charge is -2.05. The largest absolute Gasteiger partial charge is 0.382 e. The van der Waals surface area contributed by atoms with E-state index in [9.17, 15) is 4.79 Å². The zero-order valence-corrected chi connectivity index (χ0v) is 8.82. The second kappa shape index (κ2) is 3.18. The van der Waals surface area contributed by atoms with Crippen LogP contribution in [0.2, 0.25) is 0 Å². The zero-order valence-electron chi connectivity index (χ0n) is 8.82. The predicted octanol–water partition coefficient (Wildman–Crippen LogP) is 0.587. The zero-order chi connectivity index (χ0) is 11.1. The summed E-state index contributed by atoms with van der Waals surface area (Å²) in [5.74, 6) is 0.136. The molecule has 1 unspecified atom stereocenters. The Bertz CT molecular complexity index is 385. The summed E-state index contributed by atoms with van der Waals surface area (Å²) in [4.78, 5) is 11.6. The molecule has 0 radical (unpaired) electrons. The highest BCUT2D eigenvalue weighted by atomic mass is 16.2. The first-order valence-corrected chi connectivity index (χ1v) is 4.89. The topological polar surface area (TPSA) is 80.9 Å². The third-order valence-electron chi connectivity index (χ3n) is 2.74. The SMILES string of the molecule is CC1(C)CC1NC(=O)c1ccc(N)nn1. The van der Waals surface area contributed by atoms with E-state index in [2.05, 4.69) is 29.4 Å². The van der Waals surface area contributed by atoms with Crippen molar-refractivity contribution in [2.24, 2.45) is 5.41 Å². The summed E-state index contributed by atoms with van der Waals surface area (Å²) in [6, 6.07) is 3.40. The number of hydrogen-bond acceptors (Lipinski definition) is 4. The van der Waals surface area contributed by atoms with Crippen molar-refractivity contribution in [2.45, 2.75) is 26.3 Å². The van der Waals surface area contributed by atoms with Gasteiger partial charge in [0.25, 0.3) is 5.91 Å². The highest BCUT2D eigenvalue weighted by Gasteiger charge is 2.46. The fraction of sp³-hybridized carbons (Fsp3) is 0.500. The van der Waals surface area contributed by atoms with Gasteiger partial charge in [-0.1, -0.05) is 13.8 Å². The van der Waals surface area contributed by atoms with Gasteiger partial charge in [-0.05, 0) is 24.0 Å². The first-order valence-electron chi connectivity index (χ1n) is 4.89. The van der Waals surface area contributed by atoms with Gasteiger partial charge in [0, 0.05) is 6.04 Å². The molecule has 0 aliphatic heterocycles. The van der Waals surface area contributed by atoms with Crippen LogP contribution in [0.3, 0.4) is 0 Å². The number of rotatable bonds is 2. The number of anilines is 1. The van der Waals surface area contributed by atoms with Crippen LogP contribution in [0.25, 0.3) is 0 Å². The number of nitrogens with one attached hydrogen (secondary N) is 1. The molecule has 1 aliphatic carbocycles. The molecular formula is C10H14N4O. The standard InChI is InChI=1S/C10H14N4O/c1-10(2)5-7(10)12-9(15)6-3-4-8(11)14-13-6/h3-4,7H,5H2,1-2H3,(H2,11,14)(H,12,15). The minimum absolute atomic E-state index is 0.182. The summed E-state index contributed by atoms with van der Waals surface area (Å²) in [5, 5.41) is 10.2. The smallest absolute Gasteiger partial charge is 0.272 e. The number of hydrogen-bond donors (Lipinski definition) is 2. The number of amides is 1. The van der Waals surface area contributed by atoms with Gasteiger partial charge < -0.3 is 11.1 Å². The van der Waals surface area contributed by atoms with Crippen LogP contribution in [0.4, 0.5) is 5.82 Å². The van der Waals surface area contributed by atoms with Crippen LogP contribution in [0.1, 0.15) is 30.8 Å². The summed E-state index contributed by atoms with van der Waals surface area (Å²) in [6.07, 6.45) is 1.02. The lowest BCUT2D eigenvalue weighted by atomic mass is 10.2. The molecule has 80 valence electrons. The minimum Gasteiger partial charge on any atom is -0.382 e. The molecule has 2 rings (SSSR count). The Morgan fingerprint density at radius 2 is 2.20 bits per heavy atom. The second-order valence-electron chi connectivity index (χ2n) is 4.56. The molecule has 1 fully saturated rings. The highest BCUT2D eigenvalue weighted by Crippen LogP contribution is 2.44. The maximum absolute atomic E-state index is 11.6. The van der Waals surface area contributed by atoms with Crippen LogP contribution in [0, 0.1) is 5.41 Å². The number of nitrogen functional groups attached to an aromatic ring is 1. The van der Waals surface area contributed by atoms with E-state index in [1.54, 1.807) is 12.1 Å². The Morgan fingerprint density at radius 1 is 1.53 bits per heavy atom. The van der Waals surface area contributed by atoms with Crippen LogP contribution in [0.15, 0.2) is 12.1 Å². The quantitative estimate of drug-likeness (QED) is 0.742. The van der Waals surface area contributed by atoms with Gasteiger partial charge in [-0.2, -0.15) is 0 Å². The third-order valence-corrected chi connectivity index (χ3v) is 2.74. The van der Waals surface area contributed by atoms with Gasteiger partial charge in [-0.15, -0.1) is 10.2 Å². The Balaban J connectivity index is 2.00. The predicted molar refractivity (Wildman–Crippen MR) is 56.1 cm³/mol. The lowest BCUT2D eigenvalue weighted by Crippen LogP contribution is -2.29. The number of aromatic nitrogens is 2. The van der Waals surface area contributed by atoms with Gasteiger partial charge in [0.15, 0.2) is 5.69 Å². The van der Waals surface area contributed by atoms with Gasteiger partial charge in [-0.3, -0.25) is 4.79 Å². The van der Waals surface area contributed by atoms with E-state index < -0.39 is 0 Å². The molecule has 3 N–H and O–H groups in total. The van der Waals surface area contributed by atoms with Crippen LogP contribution in [0.5, 0.6) is 0 Å². The monoisotopic (exact) mass is 206 g/mol. The molecule has 1 amide bonds. The van der Waals surface area contributed by atoms with Crippen molar-refractivity contribution >= 4 is 11.7 Å². The summed E-state index contributed by atoms with van der Waals surface area (Å²) in [5.41, 5.74) is 5.91. The van der Waals surface area contributed by atoms with E-state index in [4.69, 9.17) is 5.73 Å². The molecule has 0 aromatic carbocycles. The van der Waals surface area contributed by atoms with Crippen molar-refractivity contribution in [1.82, 2.24) is 15.5 Å². The van der Waals surface area contributed by atoms with E-state index >= 15 is 0 Å². The summed E-state index contributed by atoms with van der Waals surface area (Å²) < 4.78 is 0. The molecule has 0 spiro atoms. The van der Waals surface area contributed by atoms with E-state index in [-0.39, 0.29) is 17.4 Å². The van der Waals surface area contributed by atoms with Crippen LogP contribution in [-0.4, -0.2) is 22.1 Å². The van der Waals surface area contributed by atoms with Crippen molar-refractivity contribution in [2.75, 3.05) is 5.73 Å². The Labute approximate surface area is 88.1 Å². The van der Waals surface area contributed by atoms with Crippen molar-refractivity contribution in [3.8, 4) is 0 Å². The number of carbonyl (C=O) groups excluding carboxylic acids is 1. The second-order valence-corrected chi connectivity index (χ2v) is 4.56. The molecule has 1 aromatic rings. The van der Waals surface area contributed by atoms with Crippen molar-refractivity contribution in [1.29, 1.82) is 0 Å². The fourth-order valence-electron chi connectivity index (χ4n) is 1.41. The average Bonchev–Trinajstić information content (AvgIpc) is 2.74. The van der Waals surface area contributed by atoms with Crippen LogP contribution < -0.4 is 11.1 Å². The van der Waals surface area contributed by atoms with Gasteiger partial charge >= 0.3 is 0 Å². The van der Waals surface area contributed by atoms with Crippen LogP contribution >= 0.6 is 0 Å². The first kappa shape index (κ1) is 9.89. The number of nitrogens with two attached hydrogens (primary N) is 1. The fourth-order valence-corrected chi connectivity index (χ4v) is 1.41. The average molecular weight is 206 g/mol. The molecular weight excluding hydrogens is 192 g/mol. The number of carbonyl (C=O) groups is 1. The Hall–Kier alpha value is -1.65. The molecule has 0 saturated heterocycles. The maximum Gasteiger partial charge on any atom is 0.272 e. The molecule has 5 heteroatoms. The molecule has 1 heterocycles. The lowest BCUT2D eigenvalue weighted by molar-refractivity contribution is 0.0940. The van der Waals surface area contributed by atoms with Gasteiger partial charge in [0.2, 0.25) is 0 Å². The first-order chi connectivity index (χ1) is 6.99. The van der Waals surface area contributed by atoms with Gasteiger partial charge in [-0.25, -0.2) is 0 Å². The Morgan fingerprint density at radius 3 is 2.67 bits per heavy atom. The molecule has 1 aliphatic rings. The Kier molecular flexibility index (Phi) is 2.10. The normalized spacial score (nSPS) is 22.1. The summed E-state index contributed by atoms with van der Waals surface area (Å²) >= 11 is 0. The molecule has 15 heavy (non-hydrogen) atoms. The van der Waals surface area contributed by atoms with Crippen molar-refractivity contribution < 1.29 is 4.79 Å². The number of nitrogens with zero attached hydrogens (tertiary/aromatic N) is 2. The van der Waals surface area contributed by atoms with Crippen molar-refractivity contribution in [3.63, 3.8) is 0 Å². The van der Waals surface area contributed by atoms with Gasteiger partial charge in [0.1, 0.15) is 5.82 Å². The van der Waals surface area contributed by atoms with E-state index in [0.29, 0.717) is 11.5 Å². The summed E-state index contributed by atoms with van der Waals surface area (Å²) in [6.45, 7) is 4.24. The van der Waals surface area contributed by atoms with E-state index in [1.165, 1.54) is 0 Å². The van der Waals surface area contributed by atoms with Crippen LogP contribution in [-0.2, 0) is 0 Å².